The third-order valence-electron chi connectivity index (χ3n) is 7.69. The Labute approximate surface area is 236 Å². The van der Waals surface area contributed by atoms with Crippen LogP contribution in [-0.2, 0) is 0 Å². The Bertz CT molecular complexity index is 1310. The molecule has 2 aliphatic carbocycles. The Hall–Kier alpha value is -1.76. The van der Waals surface area contributed by atoms with Crippen LogP contribution in [0.25, 0.3) is 22.5 Å². The minimum atomic E-state index is -0.933. The van der Waals surface area contributed by atoms with Gasteiger partial charge in [-0.25, -0.2) is 9.37 Å². The molecule has 2 heterocycles. The van der Waals surface area contributed by atoms with Crippen molar-refractivity contribution in [3.8, 4) is 28.3 Å². The van der Waals surface area contributed by atoms with Gasteiger partial charge in [-0.2, -0.15) is 5.10 Å². The van der Waals surface area contributed by atoms with Gasteiger partial charge in [-0.15, -0.1) is 53.2 Å². The van der Waals surface area contributed by atoms with Gasteiger partial charge in [0.05, 0.1) is 24.0 Å². The average molecular weight is 577 g/mol. The molecular formula is C25H29FN6OS4. The second-order valence-electron chi connectivity index (χ2n) is 10.8. The van der Waals surface area contributed by atoms with E-state index in [1.165, 1.54) is 11.8 Å². The number of halogens is 1. The van der Waals surface area contributed by atoms with Gasteiger partial charge in [0.2, 0.25) is 0 Å². The van der Waals surface area contributed by atoms with Gasteiger partial charge in [-0.3, -0.25) is 0 Å². The molecule has 2 fully saturated rings. The van der Waals surface area contributed by atoms with E-state index in [1.54, 1.807) is 24.5 Å². The standard InChI is InChI=1S/C25H29FN6OS4/c1-23-6-7-24(2,13-23)21(26)17(10-23)32(3)19-12-27-22(31-29-19)16-5-4-14(8-18(16)33)15-9-20(30-28-11-15)37-25(34,35)36/h4-5,8-9,11-12,17,21,33-36H,6-7,10,13H2,1-3H3/t17-,21-,23-,24-/m1/s1. The van der Waals surface area contributed by atoms with Crippen LogP contribution in [0, 0.1) is 10.8 Å². The van der Waals surface area contributed by atoms with E-state index in [-0.39, 0.29) is 28.4 Å². The molecule has 0 radical (unpaired) electrons. The van der Waals surface area contributed by atoms with Crippen LogP contribution < -0.4 is 4.90 Å². The highest BCUT2D eigenvalue weighted by Gasteiger charge is 2.56. The van der Waals surface area contributed by atoms with Crippen LogP contribution in [0.15, 0.2) is 41.7 Å². The van der Waals surface area contributed by atoms with Crippen LogP contribution in [-0.4, -0.2) is 52.5 Å². The first-order valence-corrected chi connectivity index (χ1v) is 14.1. The molecule has 3 aromatic rings. The molecule has 0 spiro atoms. The first-order chi connectivity index (χ1) is 17.4. The highest BCUT2D eigenvalue weighted by Crippen LogP contribution is 2.59. The van der Waals surface area contributed by atoms with E-state index >= 15 is 4.39 Å². The number of aromatic hydroxyl groups is 1. The largest absolute Gasteiger partial charge is 0.507 e. The van der Waals surface area contributed by atoms with Gasteiger partial charge in [-0.05, 0) is 54.9 Å². The second-order valence-corrected chi connectivity index (χ2v) is 16.0. The summed E-state index contributed by atoms with van der Waals surface area (Å²) in [5.41, 5.74) is 1.82. The van der Waals surface area contributed by atoms with Gasteiger partial charge in [0.1, 0.15) is 16.9 Å². The molecule has 37 heavy (non-hydrogen) atoms. The van der Waals surface area contributed by atoms with Crippen LogP contribution in [0.2, 0.25) is 0 Å². The number of hydrogen-bond donors (Lipinski definition) is 4. The van der Waals surface area contributed by atoms with Crippen molar-refractivity contribution in [2.45, 2.75) is 59.5 Å². The average Bonchev–Trinajstić information content (AvgIpc) is 3.12. The zero-order chi connectivity index (χ0) is 26.6. The van der Waals surface area contributed by atoms with Gasteiger partial charge in [0.15, 0.2) is 14.4 Å². The molecule has 1 aromatic carbocycles. The number of phenolic OH excluding ortho intramolecular Hbond substituents is 1. The summed E-state index contributed by atoms with van der Waals surface area (Å²) in [7, 11) is 1.86. The van der Waals surface area contributed by atoms with Gasteiger partial charge in [-0.1, -0.05) is 31.7 Å². The summed E-state index contributed by atoms with van der Waals surface area (Å²) in [6.07, 6.45) is 5.96. The van der Waals surface area contributed by atoms with E-state index in [0.717, 1.165) is 36.8 Å². The fourth-order valence-electron chi connectivity index (χ4n) is 5.87. The van der Waals surface area contributed by atoms with Crippen molar-refractivity contribution in [2.75, 3.05) is 11.9 Å². The summed E-state index contributed by atoms with van der Waals surface area (Å²) >= 11 is 14.0. The molecule has 196 valence electrons. The molecule has 4 atom stereocenters. The van der Waals surface area contributed by atoms with E-state index in [4.69, 9.17) is 0 Å². The molecule has 7 nitrogen and oxygen atoms in total. The van der Waals surface area contributed by atoms with Crippen molar-refractivity contribution in [1.82, 2.24) is 25.4 Å². The lowest BCUT2D eigenvalue weighted by atomic mass is 9.67. The zero-order valence-electron chi connectivity index (χ0n) is 20.7. The minimum absolute atomic E-state index is 0.00637. The Kier molecular flexibility index (Phi) is 7.08. The maximum absolute atomic E-state index is 15.5. The smallest absolute Gasteiger partial charge is 0.185 e. The number of aromatic nitrogens is 5. The molecular weight excluding hydrogens is 548 g/mol. The Morgan fingerprint density at radius 3 is 2.54 bits per heavy atom. The number of phenols is 1. The molecule has 2 bridgehead atoms. The third kappa shape index (κ3) is 5.53. The number of benzene rings is 1. The first kappa shape index (κ1) is 26.8. The fraction of sp³-hybridized carbons (Fsp3) is 0.480. The monoisotopic (exact) mass is 576 g/mol. The SMILES string of the molecule is CN(c1cnc(-c2ccc(-c3cnnc(SC(S)(S)S)c3)cc2O)nn1)[C@@H]1C[C@@]2(C)CC[C@](C)(C2)[C@@H]1F. The predicted molar refractivity (Wildman–Crippen MR) is 155 cm³/mol. The maximum Gasteiger partial charge on any atom is 0.185 e. The fourth-order valence-corrected chi connectivity index (χ4v) is 7.27. The van der Waals surface area contributed by atoms with Crippen molar-refractivity contribution in [3.63, 3.8) is 0 Å². The molecule has 12 heteroatoms. The molecule has 2 aromatic heterocycles. The second kappa shape index (κ2) is 9.77. The molecule has 5 rings (SSSR count). The quantitative estimate of drug-likeness (QED) is 0.163. The molecule has 0 aliphatic heterocycles. The normalized spacial score (nSPS) is 27.3. The molecule has 2 saturated carbocycles. The van der Waals surface area contributed by atoms with Gasteiger partial charge in [0.25, 0.3) is 0 Å². The summed E-state index contributed by atoms with van der Waals surface area (Å²) in [5, 5.41) is 28.0. The summed E-state index contributed by atoms with van der Waals surface area (Å²) in [6.45, 7) is 4.33. The van der Waals surface area contributed by atoms with Crippen molar-refractivity contribution in [2.24, 2.45) is 10.8 Å². The number of thiol groups is 3. The minimum Gasteiger partial charge on any atom is -0.507 e. The molecule has 0 saturated heterocycles. The number of rotatable bonds is 6. The summed E-state index contributed by atoms with van der Waals surface area (Å²) in [5.74, 6) is 0.809. The maximum atomic E-state index is 15.5. The lowest BCUT2D eigenvalue weighted by Crippen LogP contribution is -2.52. The van der Waals surface area contributed by atoms with Crippen molar-refractivity contribution in [3.05, 3.63) is 36.7 Å². The number of fused-ring (bicyclic) bond motifs is 2. The van der Waals surface area contributed by atoms with E-state index in [2.05, 4.69) is 77.1 Å². The zero-order valence-corrected chi connectivity index (χ0v) is 24.2. The van der Waals surface area contributed by atoms with Crippen molar-refractivity contribution >= 4 is 55.5 Å². The number of thioether (sulfide) groups is 1. The van der Waals surface area contributed by atoms with Gasteiger partial charge < -0.3 is 10.0 Å². The van der Waals surface area contributed by atoms with Crippen LogP contribution in [0.4, 0.5) is 10.2 Å². The Balaban J connectivity index is 1.35. The molecule has 1 N–H and O–H groups in total. The highest BCUT2D eigenvalue weighted by molar-refractivity contribution is 8.36. The molecule has 2 aliphatic rings. The van der Waals surface area contributed by atoms with Crippen LogP contribution in [0.1, 0.15) is 39.5 Å². The Morgan fingerprint density at radius 1 is 1.08 bits per heavy atom. The van der Waals surface area contributed by atoms with E-state index in [1.807, 2.05) is 24.1 Å². The van der Waals surface area contributed by atoms with E-state index in [0.29, 0.717) is 16.4 Å². The van der Waals surface area contributed by atoms with Crippen LogP contribution in [0.5, 0.6) is 5.75 Å². The topological polar surface area (TPSA) is 87.9 Å². The summed E-state index contributed by atoms with van der Waals surface area (Å²) in [6, 6.07) is 6.74. The highest BCUT2D eigenvalue weighted by atomic mass is 32.3. The van der Waals surface area contributed by atoms with Crippen molar-refractivity contribution in [1.29, 1.82) is 0 Å². The number of anilines is 1. The first-order valence-electron chi connectivity index (χ1n) is 12.0. The molecule has 0 unspecified atom stereocenters. The number of hydrogen-bond acceptors (Lipinski definition) is 11. The van der Waals surface area contributed by atoms with Gasteiger partial charge in [0, 0.05) is 18.0 Å². The lowest BCUT2D eigenvalue weighted by Gasteiger charge is -2.46. The molecule has 0 amide bonds. The predicted octanol–water partition coefficient (Wildman–Crippen LogP) is 5.94. The van der Waals surface area contributed by atoms with E-state index < -0.39 is 8.91 Å². The summed E-state index contributed by atoms with van der Waals surface area (Å²) < 4.78 is 14.6. The van der Waals surface area contributed by atoms with E-state index in [9.17, 15) is 5.11 Å². The third-order valence-corrected chi connectivity index (χ3v) is 9.19. The Morgan fingerprint density at radius 2 is 1.86 bits per heavy atom. The lowest BCUT2D eigenvalue weighted by molar-refractivity contribution is 0.0380. The van der Waals surface area contributed by atoms with Crippen molar-refractivity contribution < 1.29 is 9.50 Å². The van der Waals surface area contributed by atoms with Crippen LogP contribution in [0.3, 0.4) is 0 Å². The number of alkyl halides is 1. The summed E-state index contributed by atoms with van der Waals surface area (Å²) in [4.78, 5) is 6.32. The van der Waals surface area contributed by atoms with Crippen LogP contribution >= 0.6 is 49.6 Å². The number of nitrogens with zero attached hydrogens (tertiary/aromatic N) is 6. The van der Waals surface area contributed by atoms with Gasteiger partial charge >= 0.3 is 0 Å².